The van der Waals surface area contributed by atoms with Gasteiger partial charge in [-0.3, -0.25) is 4.52 Å². The minimum Gasteiger partial charge on any atom is -0.394 e. The van der Waals surface area contributed by atoms with Crippen LogP contribution in [0.4, 0.5) is 0 Å². The zero-order valence-electron chi connectivity index (χ0n) is 29.9. The summed E-state index contributed by atoms with van der Waals surface area (Å²) in [6.07, 6.45) is -46.8. The zero-order chi connectivity index (χ0) is 43.0. The highest BCUT2D eigenvalue weighted by Crippen LogP contribution is 2.39. The Morgan fingerprint density at radius 1 is 0.448 bits per heavy atom. The van der Waals surface area contributed by atoms with E-state index >= 15 is 0 Å². The van der Waals surface area contributed by atoms with Crippen molar-refractivity contribution in [2.45, 2.75) is 147 Å². The number of aliphatic hydroxyl groups excluding tert-OH is 15. The maximum Gasteiger partial charge on any atom is 0.469 e. The second-order valence-corrected chi connectivity index (χ2v) is 15.3. The number of phosphoric ester groups is 1. The summed E-state index contributed by atoms with van der Waals surface area (Å²) in [6, 6.07) is 0. The van der Waals surface area contributed by atoms with Gasteiger partial charge in [0, 0.05) is 0 Å². The molecule has 24 atom stereocenters. The molecule has 0 aromatic carbocycles. The summed E-state index contributed by atoms with van der Waals surface area (Å²) in [5, 5.41) is 157. The summed E-state index contributed by atoms with van der Waals surface area (Å²) in [4.78, 5) is 18.6. The molecule has 0 aliphatic carbocycles. The highest BCUT2D eigenvalue weighted by atomic mass is 31.2. The molecule has 5 aliphatic heterocycles. The van der Waals surface area contributed by atoms with Gasteiger partial charge in [-0.25, -0.2) is 4.57 Å². The molecule has 0 bridgehead atoms. The summed E-state index contributed by atoms with van der Waals surface area (Å²) in [5.41, 5.74) is 0. The number of hydrogen-bond acceptors (Lipinski definition) is 26. The minimum absolute atomic E-state index is 0.571. The second-order valence-electron chi connectivity index (χ2n) is 14.1. The van der Waals surface area contributed by atoms with Crippen molar-refractivity contribution in [2.24, 2.45) is 0 Å². The van der Waals surface area contributed by atoms with E-state index in [1.54, 1.807) is 0 Å². The highest BCUT2D eigenvalue weighted by molar-refractivity contribution is 7.46. The minimum atomic E-state index is -5.26. The Kier molecular flexibility index (Phi) is 16.7. The van der Waals surface area contributed by atoms with Gasteiger partial charge in [-0.2, -0.15) is 0 Å². The van der Waals surface area contributed by atoms with Crippen LogP contribution in [0, 0.1) is 0 Å². The summed E-state index contributed by atoms with van der Waals surface area (Å²) in [5.74, 6) is 0. The summed E-state index contributed by atoms with van der Waals surface area (Å²) in [6.45, 7) is -4.64. The lowest BCUT2D eigenvalue weighted by molar-refractivity contribution is -0.397. The molecule has 340 valence electrons. The molecular formula is C29H51O28P. The predicted molar refractivity (Wildman–Crippen MR) is 171 cm³/mol. The van der Waals surface area contributed by atoms with Gasteiger partial charge in [0.25, 0.3) is 0 Å². The van der Waals surface area contributed by atoms with Crippen LogP contribution in [0.1, 0.15) is 0 Å². The molecule has 0 radical (unpaired) electrons. The van der Waals surface area contributed by atoms with Crippen molar-refractivity contribution in [1.82, 2.24) is 0 Å². The van der Waals surface area contributed by atoms with Crippen molar-refractivity contribution in [3.63, 3.8) is 0 Å². The molecule has 0 aromatic heterocycles. The SMILES string of the molecule is O=P(O)(O)OC[C@H]1O[C@@H](O[C@H]2[C@H](O)[C@H](O)C(O)O[C@@H]2CO)[C@H](O)[C@@H](O[C@@H]2O[C@H](CO)[C@H](O)[C@H](O[C@@H]3O[C@H](CO)[C@H](O)[C@H](O)[C@H]3O[C@H]3OC[C@@H](O)[C@@H](O)[C@@H]3O)[C@H]2O)[C@H]1O. The van der Waals surface area contributed by atoms with E-state index in [-0.39, 0.29) is 0 Å². The zero-order valence-corrected chi connectivity index (χ0v) is 30.8. The van der Waals surface area contributed by atoms with Crippen LogP contribution in [0.3, 0.4) is 0 Å². The van der Waals surface area contributed by atoms with Gasteiger partial charge in [0.05, 0.1) is 33.0 Å². The van der Waals surface area contributed by atoms with Crippen LogP contribution in [0.15, 0.2) is 0 Å². The monoisotopic (exact) mass is 878 g/mol. The Morgan fingerprint density at radius 3 is 1.48 bits per heavy atom. The largest absolute Gasteiger partial charge is 0.469 e. The normalized spacial score (nSPS) is 50.8. The van der Waals surface area contributed by atoms with Crippen molar-refractivity contribution in [3.05, 3.63) is 0 Å². The fourth-order valence-electron chi connectivity index (χ4n) is 6.87. The third-order valence-corrected chi connectivity index (χ3v) is 10.6. The van der Waals surface area contributed by atoms with Crippen LogP contribution < -0.4 is 0 Å². The van der Waals surface area contributed by atoms with E-state index < -0.39 is 188 Å². The van der Waals surface area contributed by atoms with E-state index in [9.17, 15) is 90.9 Å². The Morgan fingerprint density at radius 2 is 0.914 bits per heavy atom. The van der Waals surface area contributed by atoms with E-state index in [4.69, 9.17) is 42.6 Å². The first kappa shape index (κ1) is 48.2. The van der Waals surface area contributed by atoms with Gasteiger partial charge < -0.3 is 129 Å². The van der Waals surface area contributed by atoms with Gasteiger partial charge in [0.1, 0.15) is 116 Å². The molecule has 1 unspecified atom stereocenters. The quantitative estimate of drug-likeness (QED) is 0.0720. The average molecular weight is 879 g/mol. The van der Waals surface area contributed by atoms with E-state index in [2.05, 4.69) is 4.52 Å². The number of ether oxygens (including phenoxy) is 9. The molecule has 0 spiro atoms. The third-order valence-electron chi connectivity index (χ3n) is 10.2. The molecule has 0 saturated carbocycles. The lowest BCUT2D eigenvalue weighted by atomic mass is 9.95. The summed E-state index contributed by atoms with van der Waals surface area (Å²) < 4.78 is 65.3. The number of phosphoric acid groups is 1. The van der Waals surface area contributed by atoms with Crippen LogP contribution >= 0.6 is 7.82 Å². The smallest absolute Gasteiger partial charge is 0.394 e. The van der Waals surface area contributed by atoms with Crippen molar-refractivity contribution in [2.75, 3.05) is 33.0 Å². The van der Waals surface area contributed by atoms with Crippen LogP contribution in [0.25, 0.3) is 0 Å². The Balaban J connectivity index is 1.40. The van der Waals surface area contributed by atoms with Gasteiger partial charge in [0.2, 0.25) is 0 Å². The molecule has 5 saturated heterocycles. The van der Waals surface area contributed by atoms with Crippen molar-refractivity contribution in [3.8, 4) is 0 Å². The molecule has 28 nitrogen and oxygen atoms in total. The summed E-state index contributed by atoms with van der Waals surface area (Å²) in [7, 11) is -5.26. The molecule has 29 heteroatoms. The first-order valence-corrected chi connectivity index (χ1v) is 19.3. The predicted octanol–water partition coefficient (Wildman–Crippen LogP) is -11.2. The topological polar surface area (TPSA) is 453 Å². The average Bonchev–Trinajstić information content (AvgIpc) is 3.18. The maximum atomic E-state index is 11.5. The van der Waals surface area contributed by atoms with Crippen LogP contribution in [-0.4, -0.2) is 267 Å². The summed E-state index contributed by atoms with van der Waals surface area (Å²) >= 11 is 0. The molecule has 0 aromatic rings. The lowest BCUT2D eigenvalue weighted by Crippen LogP contribution is -2.68. The first-order chi connectivity index (χ1) is 27.2. The fourth-order valence-corrected chi connectivity index (χ4v) is 7.22. The number of hydrogen-bond donors (Lipinski definition) is 17. The molecule has 5 rings (SSSR count). The van der Waals surface area contributed by atoms with E-state index in [1.165, 1.54) is 0 Å². The van der Waals surface area contributed by atoms with E-state index in [1.807, 2.05) is 0 Å². The maximum absolute atomic E-state index is 11.5. The van der Waals surface area contributed by atoms with Gasteiger partial charge in [-0.1, -0.05) is 0 Å². The van der Waals surface area contributed by atoms with Crippen LogP contribution in [-0.2, 0) is 51.7 Å². The van der Waals surface area contributed by atoms with Gasteiger partial charge in [-0.15, -0.1) is 0 Å². The lowest BCUT2D eigenvalue weighted by Gasteiger charge is -2.49. The standard InChI is InChI=1S/C29H51O28P/c30-1-7-12(35)15(38)24(57-26-18(41)11(34)6(33)4-48-26)29(52-7)56-22-13(36)8(2-31)51-27(19(22)42)55-23-14(37)10(5-49-58(45,46)47)53-28(20(23)43)54-21-9(3-32)50-25(44)17(40)16(21)39/h6-44H,1-5H2,(H2,45,46,47)/t6-,7-,8-,9-,10-,11-,12+,13+,14+,15+,16-,17+,18+,19-,20-,21-,22+,23+,24-,25?,26-,27+,28+,29+/m1/s1. The highest BCUT2D eigenvalue weighted by Gasteiger charge is 2.56. The van der Waals surface area contributed by atoms with Crippen LogP contribution in [0.2, 0.25) is 0 Å². The third kappa shape index (κ3) is 10.5. The Labute approximate surface area is 326 Å². The van der Waals surface area contributed by atoms with Gasteiger partial charge in [0.15, 0.2) is 31.5 Å². The Hall–Kier alpha value is -0.850. The second kappa shape index (κ2) is 20.1. The molecule has 0 amide bonds. The fraction of sp³-hybridized carbons (Fsp3) is 1.00. The van der Waals surface area contributed by atoms with Gasteiger partial charge in [-0.05, 0) is 0 Å². The van der Waals surface area contributed by atoms with Crippen LogP contribution in [0.5, 0.6) is 0 Å². The number of aliphatic hydroxyl groups is 15. The first-order valence-electron chi connectivity index (χ1n) is 17.8. The van der Waals surface area contributed by atoms with Crippen molar-refractivity contribution < 1.29 is 138 Å². The molecular weight excluding hydrogens is 827 g/mol. The Bertz CT molecular complexity index is 1330. The molecule has 17 N–H and O–H groups in total. The van der Waals surface area contributed by atoms with E-state index in [0.717, 1.165) is 0 Å². The van der Waals surface area contributed by atoms with Crippen molar-refractivity contribution in [1.29, 1.82) is 0 Å². The van der Waals surface area contributed by atoms with E-state index in [0.29, 0.717) is 0 Å². The molecule has 5 heterocycles. The number of rotatable bonds is 14. The van der Waals surface area contributed by atoms with Gasteiger partial charge >= 0.3 is 7.82 Å². The molecule has 58 heavy (non-hydrogen) atoms. The van der Waals surface area contributed by atoms with Crippen molar-refractivity contribution >= 4 is 7.82 Å². The molecule has 5 aliphatic rings. The molecule has 5 fully saturated rings.